The highest BCUT2D eigenvalue weighted by Crippen LogP contribution is 2.26. The molecule has 3 N–H and O–H groups in total. The van der Waals surface area contributed by atoms with E-state index in [0.717, 1.165) is 5.56 Å². The highest BCUT2D eigenvalue weighted by Gasteiger charge is 2.08. The smallest absolute Gasteiger partial charge is 0.323 e. The highest BCUT2D eigenvalue weighted by molar-refractivity contribution is 6.30. The molecular formula is C19H18ClN5O2. The van der Waals surface area contributed by atoms with Crippen molar-refractivity contribution in [3.8, 4) is 11.6 Å². The number of benzene rings is 2. The zero-order chi connectivity index (χ0) is 19.2. The summed E-state index contributed by atoms with van der Waals surface area (Å²) in [6, 6.07) is 13.6. The maximum absolute atomic E-state index is 12.2. The van der Waals surface area contributed by atoms with Crippen LogP contribution in [0.4, 0.5) is 22.0 Å². The molecule has 0 aliphatic carbocycles. The molecule has 0 radical (unpaired) electrons. The molecule has 0 spiro atoms. The molecule has 1 heterocycles. The maximum atomic E-state index is 12.2. The fraction of sp³-hybridized carbons (Fsp3) is 0.105. The molecule has 0 fully saturated rings. The summed E-state index contributed by atoms with van der Waals surface area (Å²) in [5.41, 5.74) is 2.17. The van der Waals surface area contributed by atoms with Gasteiger partial charge in [0.2, 0.25) is 5.88 Å². The number of halogens is 1. The fourth-order valence-corrected chi connectivity index (χ4v) is 2.44. The molecule has 2 aromatic carbocycles. The molecule has 27 heavy (non-hydrogen) atoms. The predicted octanol–water partition coefficient (Wildman–Crippen LogP) is 4.92. The lowest BCUT2D eigenvalue weighted by molar-refractivity contribution is 0.262. The summed E-state index contributed by atoms with van der Waals surface area (Å²) in [6.07, 6.45) is 1.42. The van der Waals surface area contributed by atoms with Gasteiger partial charge in [0.1, 0.15) is 17.9 Å². The van der Waals surface area contributed by atoms with Crippen molar-refractivity contribution in [2.24, 2.45) is 0 Å². The number of nitrogens with zero attached hydrogens (tertiary/aromatic N) is 2. The Morgan fingerprint density at radius 3 is 2.52 bits per heavy atom. The summed E-state index contributed by atoms with van der Waals surface area (Å²) in [5, 5.41) is 9.09. The van der Waals surface area contributed by atoms with Crippen LogP contribution < -0.4 is 20.7 Å². The molecule has 0 bridgehead atoms. The number of aryl methyl sites for hydroxylation is 1. The third-order valence-electron chi connectivity index (χ3n) is 3.67. The molecule has 0 saturated heterocycles. The van der Waals surface area contributed by atoms with Gasteiger partial charge in [-0.3, -0.25) is 0 Å². The lowest BCUT2D eigenvalue weighted by atomic mass is 10.2. The lowest BCUT2D eigenvalue weighted by Gasteiger charge is -2.12. The van der Waals surface area contributed by atoms with E-state index in [-0.39, 0.29) is 6.03 Å². The van der Waals surface area contributed by atoms with Gasteiger partial charge < -0.3 is 20.7 Å². The van der Waals surface area contributed by atoms with Crippen LogP contribution in [0, 0.1) is 6.92 Å². The summed E-state index contributed by atoms with van der Waals surface area (Å²) in [5.74, 6) is 1.70. The topological polar surface area (TPSA) is 88.2 Å². The molecule has 0 aliphatic rings. The number of hydrogen-bond donors (Lipinski definition) is 3. The summed E-state index contributed by atoms with van der Waals surface area (Å²) >= 11 is 5.84. The molecule has 3 aromatic rings. The van der Waals surface area contributed by atoms with Crippen LogP contribution in [0.15, 0.2) is 54.9 Å². The number of amides is 2. The van der Waals surface area contributed by atoms with Gasteiger partial charge in [-0.2, -0.15) is 0 Å². The van der Waals surface area contributed by atoms with Crippen LogP contribution >= 0.6 is 11.6 Å². The molecule has 138 valence electrons. The first-order valence-corrected chi connectivity index (χ1v) is 8.53. The number of carbonyl (C=O) groups excluding carboxylic acids is 1. The van der Waals surface area contributed by atoms with Crippen LogP contribution in [-0.4, -0.2) is 23.0 Å². The van der Waals surface area contributed by atoms with Gasteiger partial charge in [-0.15, -0.1) is 0 Å². The van der Waals surface area contributed by atoms with E-state index >= 15 is 0 Å². The molecule has 0 aliphatic heterocycles. The average Bonchev–Trinajstić information content (AvgIpc) is 2.66. The van der Waals surface area contributed by atoms with E-state index in [1.807, 2.05) is 13.0 Å². The van der Waals surface area contributed by atoms with Crippen LogP contribution in [0.5, 0.6) is 11.6 Å². The van der Waals surface area contributed by atoms with Crippen molar-refractivity contribution in [3.05, 3.63) is 65.4 Å². The minimum Gasteiger partial charge on any atom is -0.439 e. The molecular weight excluding hydrogens is 366 g/mol. The van der Waals surface area contributed by atoms with Crippen LogP contribution in [0.2, 0.25) is 5.02 Å². The molecule has 3 rings (SSSR count). The number of rotatable bonds is 5. The number of ether oxygens (including phenoxy) is 1. The van der Waals surface area contributed by atoms with E-state index in [0.29, 0.717) is 33.8 Å². The molecule has 8 heteroatoms. The van der Waals surface area contributed by atoms with Crippen LogP contribution in [-0.2, 0) is 0 Å². The van der Waals surface area contributed by atoms with Gasteiger partial charge in [0, 0.05) is 29.5 Å². The van der Waals surface area contributed by atoms with Crippen molar-refractivity contribution in [3.63, 3.8) is 0 Å². The summed E-state index contributed by atoms with van der Waals surface area (Å²) < 4.78 is 5.74. The van der Waals surface area contributed by atoms with Gasteiger partial charge in [-0.25, -0.2) is 14.8 Å². The monoisotopic (exact) mass is 383 g/mol. The Hall–Kier alpha value is -3.32. The SMILES string of the molecule is CNc1cc(Oc2ccc(NC(=O)Nc3ccc(Cl)cc3)c(C)c2)ncn1. The summed E-state index contributed by atoms with van der Waals surface area (Å²) in [6.45, 7) is 1.88. The fourth-order valence-electron chi connectivity index (χ4n) is 2.31. The highest BCUT2D eigenvalue weighted by atomic mass is 35.5. The average molecular weight is 384 g/mol. The van der Waals surface area contributed by atoms with E-state index in [9.17, 15) is 4.79 Å². The number of nitrogens with one attached hydrogen (secondary N) is 3. The second kappa shape index (κ2) is 8.37. The zero-order valence-corrected chi connectivity index (χ0v) is 15.5. The second-order valence-corrected chi connectivity index (χ2v) is 6.09. The minimum absolute atomic E-state index is 0.344. The van der Waals surface area contributed by atoms with Crippen LogP contribution in [0.3, 0.4) is 0 Å². The van der Waals surface area contributed by atoms with E-state index in [2.05, 4.69) is 25.9 Å². The Balaban J connectivity index is 1.65. The van der Waals surface area contributed by atoms with Crippen molar-refractivity contribution in [1.82, 2.24) is 9.97 Å². The van der Waals surface area contributed by atoms with Gasteiger partial charge in [-0.1, -0.05) is 11.6 Å². The van der Waals surface area contributed by atoms with Crippen molar-refractivity contribution >= 4 is 34.8 Å². The van der Waals surface area contributed by atoms with Crippen LogP contribution in [0.1, 0.15) is 5.56 Å². The van der Waals surface area contributed by atoms with Crippen molar-refractivity contribution in [2.75, 3.05) is 23.0 Å². The van der Waals surface area contributed by atoms with Crippen molar-refractivity contribution < 1.29 is 9.53 Å². The number of anilines is 3. The third kappa shape index (κ3) is 5.08. The molecule has 7 nitrogen and oxygen atoms in total. The molecule has 2 amide bonds. The second-order valence-electron chi connectivity index (χ2n) is 5.66. The Bertz CT molecular complexity index is 947. The van der Waals surface area contributed by atoms with Gasteiger partial charge in [0.15, 0.2) is 0 Å². The number of hydrogen-bond acceptors (Lipinski definition) is 5. The normalized spacial score (nSPS) is 10.2. The van der Waals surface area contributed by atoms with Crippen LogP contribution in [0.25, 0.3) is 0 Å². The Labute approximate surface area is 161 Å². The van der Waals surface area contributed by atoms with E-state index in [1.54, 1.807) is 49.5 Å². The Morgan fingerprint density at radius 2 is 1.81 bits per heavy atom. The van der Waals surface area contributed by atoms with Gasteiger partial charge >= 0.3 is 6.03 Å². The molecule has 0 atom stereocenters. The Morgan fingerprint density at radius 1 is 1.04 bits per heavy atom. The minimum atomic E-state index is -0.344. The standard InChI is InChI=1S/C19H18ClN5O2/c1-12-9-15(27-18-10-17(21-2)22-11-23-18)7-8-16(12)25-19(26)24-14-5-3-13(20)4-6-14/h3-11H,1-2H3,(H,21,22,23)(H2,24,25,26). The predicted molar refractivity (Wildman–Crippen MR) is 107 cm³/mol. The van der Waals surface area contributed by atoms with E-state index in [4.69, 9.17) is 16.3 Å². The quantitative estimate of drug-likeness (QED) is 0.582. The number of urea groups is 1. The Kier molecular flexibility index (Phi) is 5.73. The maximum Gasteiger partial charge on any atom is 0.323 e. The van der Waals surface area contributed by atoms with Gasteiger partial charge in [-0.05, 0) is 55.0 Å². The van der Waals surface area contributed by atoms with Gasteiger partial charge in [0.25, 0.3) is 0 Å². The number of aromatic nitrogens is 2. The molecule has 0 saturated carbocycles. The first-order chi connectivity index (χ1) is 13.0. The van der Waals surface area contributed by atoms with Crippen molar-refractivity contribution in [1.29, 1.82) is 0 Å². The van der Waals surface area contributed by atoms with E-state index in [1.165, 1.54) is 6.33 Å². The largest absolute Gasteiger partial charge is 0.439 e. The van der Waals surface area contributed by atoms with E-state index < -0.39 is 0 Å². The zero-order valence-electron chi connectivity index (χ0n) is 14.8. The summed E-state index contributed by atoms with van der Waals surface area (Å²) in [4.78, 5) is 20.3. The first kappa shape index (κ1) is 18.5. The summed E-state index contributed by atoms with van der Waals surface area (Å²) in [7, 11) is 1.77. The molecule has 1 aromatic heterocycles. The van der Waals surface area contributed by atoms with Crippen molar-refractivity contribution in [2.45, 2.75) is 6.92 Å². The number of carbonyl (C=O) groups is 1. The molecule has 0 unspecified atom stereocenters. The third-order valence-corrected chi connectivity index (χ3v) is 3.92. The lowest BCUT2D eigenvalue weighted by Crippen LogP contribution is -2.19. The first-order valence-electron chi connectivity index (χ1n) is 8.15. The van der Waals surface area contributed by atoms with Gasteiger partial charge in [0.05, 0.1) is 0 Å².